The molecule has 0 bridgehead atoms. The van der Waals surface area contributed by atoms with Crippen molar-refractivity contribution in [2.75, 3.05) is 0 Å². The second-order valence-electron chi connectivity index (χ2n) is 7.25. The lowest BCUT2D eigenvalue weighted by molar-refractivity contribution is -0.0609. The van der Waals surface area contributed by atoms with Gasteiger partial charge in [-0.15, -0.1) is 0 Å². The zero-order valence-corrected chi connectivity index (χ0v) is 14.7. The molecule has 5 rings (SSSR count). The number of nitrogens with zero attached hydrogens (tertiary/aromatic N) is 2. The normalized spacial score (nSPS) is 16.5. The van der Waals surface area contributed by atoms with E-state index in [1.165, 1.54) is 0 Å². The van der Waals surface area contributed by atoms with Gasteiger partial charge in [0.1, 0.15) is 0 Å². The topological polar surface area (TPSA) is 88.5 Å². The molecule has 6 heteroatoms. The molecule has 2 aromatic carbocycles. The van der Waals surface area contributed by atoms with Crippen LogP contribution in [0.2, 0.25) is 0 Å². The van der Waals surface area contributed by atoms with E-state index in [1.54, 1.807) is 30.5 Å². The summed E-state index contributed by atoms with van der Waals surface area (Å²) in [6, 6.07) is 10.7. The van der Waals surface area contributed by atoms with Gasteiger partial charge in [-0.25, -0.2) is 4.98 Å². The summed E-state index contributed by atoms with van der Waals surface area (Å²) in [7, 11) is 0. The summed E-state index contributed by atoms with van der Waals surface area (Å²) in [6.07, 6.45) is 3.74. The van der Waals surface area contributed by atoms with Gasteiger partial charge < -0.3 is 15.1 Å². The second-order valence-corrected chi connectivity index (χ2v) is 7.25. The molecule has 0 spiro atoms. The van der Waals surface area contributed by atoms with Gasteiger partial charge in [-0.1, -0.05) is 6.07 Å². The van der Waals surface area contributed by atoms with Crippen molar-refractivity contribution in [1.82, 2.24) is 15.0 Å². The molecule has 4 aromatic rings. The number of aromatic nitrogens is 3. The van der Waals surface area contributed by atoms with E-state index in [-0.39, 0.29) is 17.3 Å². The van der Waals surface area contributed by atoms with E-state index in [0.29, 0.717) is 22.0 Å². The zero-order valence-electron chi connectivity index (χ0n) is 14.7. The summed E-state index contributed by atoms with van der Waals surface area (Å²) in [4.78, 5) is 10.3. The molecule has 27 heavy (non-hydrogen) atoms. The van der Waals surface area contributed by atoms with Crippen molar-refractivity contribution in [3.8, 4) is 6.07 Å². The number of benzene rings is 2. The third kappa shape index (κ3) is 2.36. The van der Waals surface area contributed by atoms with E-state index in [2.05, 4.69) is 15.0 Å². The SMILES string of the molecule is Cc1cc(C2CC2)c(C(O)(F)c2nc3cc(C#N)ccc3[nH]2)c2cc[nH]c12. The first-order valence-corrected chi connectivity index (χ1v) is 8.91. The fraction of sp³-hybridized carbons (Fsp3) is 0.238. The summed E-state index contributed by atoms with van der Waals surface area (Å²) in [5.41, 5.74) is 4.39. The van der Waals surface area contributed by atoms with Crippen molar-refractivity contribution in [2.24, 2.45) is 0 Å². The van der Waals surface area contributed by atoms with E-state index in [0.717, 1.165) is 29.5 Å². The number of aromatic amines is 2. The van der Waals surface area contributed by atoms with Crippen LogP contribution in [0.1, 0.15) is 46.8 Å². The molecule has 1 atom stereocenters. The van der Waals surface area contributed by atoms with Crippen molar-refractivity contribution < 1.29 is 9.50 Å². The molecule has 1 unspecified atom stereocenters. The van der Waals surface area contributed by atoms with Gasteiger partial charge in [-0.3, -0.25) is 0 Å². The van der Waals surface area contributed by atoms with E-state index in [1.807, 2.05) is 19.1 Å². The maximum absolute atomic E-state index is 15.9. The molecule has 3 N–H and O–H groups in total. The Morgan fingerprint density at radius 1 is 1.30 bits per heavy atom. The summed E-state index contributed by atoms with van der Waals surface area (Å²) < 4.78 is 15.9. The van der Waals surface area contributed by atoms with Gasteiger partial charge in [0.05, 0.1) is 22.7 Å². The minimum absolute atomic E-state index is 0.166. The van der Waals surface area contributed by atoms with E-state index < -0.39 is 5.85 Å². The van der Waals surface area contributed by atoms with Crippen LogP contribution >= 0.6 is 0 Å². The highest BCUT2D eigenvalue weighted by Crippen LogP contribution is 2.48. The van der Waals surface area contributed by atoms with E-state index in [4.69, 9.17) is 5.26 Å². The first kappa shape index (κ1) is 16.0. The van der Waals surface area contributed by atoms with Gasteiger partial charge in [0, 0.05) is 22.7 Å². The number of nitrogens with one attached hydrogen (secondary N) is 2. The van der Waals surface area contributed by atoms with Crippen LogP contribution in [-0.2, 0) is 5.85 Å². The number of hydrogen-bond acceptors (Lipinski definition) is 3. The second kappa shape index (κ2) is 5.41. The highest BCUT2D eigenvalue weighted by Gasteiger charge is 2.42. The number of hydrogen-bond donors (Lipinski definition) is 3. The molecule has 5 nitrogen and oxygen atoms in total. The number of alkyl halides is 1. The molecule has 1 saturated carbocycles. The van der Waals surface area contributed by atoms with Gasteiger partial charge in [-0.2, -0.15) is 9.65 Å². The van der Waals surface area contributed by atoms with Gasteiger partial charge in [-0.05, 0) is 61.1 Å². The highest BCUT2D eigenvalue weighted by atomic mass is 19.2. The van der Waals surface area contributed by atoms with Gasteiger partial charge in [0.2, 0.25) is 0 Å². The van der Waals surface area contributed by atoms with Crippen LogP contribution in [-0.4, -0.2) is 20.1 Å². The predicted octanol–water partition coefficient (Wildman–Crippen LogP) is 4.26. The van der Waals surface area contributed by atoms with E-state index in [9.17, 15) is 5.11 Å². The smallest absolute Gasteiger partial charge is 0.292 e. The average molecular weight is 360 g/mol. The van der Waals surface area contributed by atoms with Crippen molar-refractivity contribution in [3.63, 3.8) is 0 Å². The average Bonchev–Trinajstić information content (AvgIpc) is 3.21. The fourth-order valence-electron chi connectivity index (χ4n) is 3.87. The Morgan fingerprint density at radius 2 is 2.11 bits per heavy atom. The molecular formula is C21H17FN4O. The Hall–Kier alpha value is -3.17. The first-order chi connectivity index (χ1) is 13.0. The molecule has 1 aliphatic rings. The van der Waals surface area contributed by atoms with Crippen LogP contribution < -0.4 is 0 Å². The maximum Gasteiger partial charge on any atom is 0.292 e. The third-order valence-electron chi connectivity index (χ3n) is 5.35. The van der Waals surface area contributed by atoms with Crippen molar-refractivity contribution in [1.29, 1.82) is 5.26 Å². The number of aryl methyl sites for hydroxylation is 1. The molecule has 1 fully saturated rings. The van der Waals surface area contributed by atoms with Crippen LogP contribution in [0, 0.1) is 18.3 Å². The zero-order chi connectivity index (χ0) is 18.8. The Labute approximate surface area is 154 Å². The van der Waals surface area contributed by atoms with Crippen LogP contribution in [0.5, 0.6) is 0 Å². The molecule has 0 radical (unpaired) electrons. The summed E-state index contributed by atoms with van der Waals surface area (Å²) in [5.74, 6) is -2.67. The maximum atomic E-state index is 15.9. The number of imidazole rings is 1. The molecule has 2 aromatic heterocycles. The molecule has 1 aliphatic carbocycles. The number of nitriles is 1. The van der Waals surface area contributed by atoms with Gasteiger partial charge in [0.25, 0.3) is 5.85 Å². The first-order valence-electron chi connectivity index (χ1n) is 8.91. The largest absolute Gasteiger partial charge is 0.361 e. The number of rotatable bonds is 3. The molecular weight excluding hydrogens is 343 g/mol. The summed E-state index contributed by atoms with van der Waals surface area (Å²) >= 11 is 0. The lowest BCUT2D eigenvalue weighted by atomic mass is 9.91. The standard InChI is InChI=1S/C21H17FN4O/c1-11-8-15(13-3-4-13)18(14-6-7-24-19(11)14)21(22,27)20-25-16-5-2-12(10-23)9-17(16)26-20/h2,5-9,13,24,27H,3-4H2,1H3,(H,25,26). The lowest BCUT2D eigenvalue weighted by Gasteiger charge is -2.22. The van der Waals surface area contributed by atoms with Crippen LogP contribution in [0.15, 0.2) is 36.5 Å². The number of H-pyrrole nitrogens is 2. The number of aliphatic hydroxyl groups is 1. The van der Waals surface area contributed by atoms with E-state index >= 15 is 4.39 Å². The minimum Gasteiger partial charge on any atom is -0.361 e. The third-order valence-corrected chi connectivity index (χ3v) is 5.35. The Bertz CT molecular complexity index is 1240. The van der Waals surface area contributed by atoms with Crippen LogP contribution in [0.3, 0.4) is 0 Å². The summed E-state index contributed by atoms with van der Waals surface area (Å²) in [6.45, 7) is 1.98. The van der Waals surface area contributed by atoms with Crippen molar-refractivity contribution in [3.05, 3.63) is 64.6 Å². The Kier molecular flexibility index (Phi) is 3.22. The van der Waals surface area contributed by atoms with Crippen LogP contribution in [0.4, 0.5) is 4.39 Å². The number of halogens is 1. The lowest BCUT2D eigenvalue weighted by Crippen LogP contribution is -2.25. The van der Waals surface area contributed by atoms with Crippen LogP contribution in [0.25, 0.3) is 21.9 Å². The molecule has 0 saturated heterocycles. The van der Waals surface area contributed by atoms with Crippen molar-refractivity contribution >= 4 is 21.9 Å². The Morgan fingerprint density at radius 3 is 2.85 bits per heavy atom. The predicted molar refractivity (Wildman–Crippen MR) is 99.9 cm³/mol. The number of fused-ring (bicyclic) bond motifs is 2. The van der Waals surface area contributed by atoms with Crippen molar-refractivity contribution in [2.45, 2.75) is 31.5 Å². The molecule has 0 aliphatic heterocycles. The highest BCUT2D eigenvalue weighted by molar-refractivity contribution is 5.88. The fourth-order valence-corrected chi connectivity index (χ4v) is 3.87. The quantitative estimate of drug-likeness (QED) is 0.510. The minimum atomic E-state index is -2.77. The monoisotopic (exact) mass is 360 g/mol. The molecule has 2 heterocycles. The molecule has 134 valence electrons. The summed E-state index contributed by atoms with van der Waals surface area (Å²) in [5, 5.41) is 20.7. The van der Waals surface area contributed by atoms with Gasteiger partial charge in [0.15, 0.2) is 5.82 Å². The van der Waals surface area contributed by atoms with Gasteiger partial charge >= 0.3 is 0 Å². The Balaban J connectivity index is 1.76. The molecule has 0 amide bonds.